The van der Waals surface area contributed by atoms with Crippen molar-refractivity contribution in [3.05, 3.63) is 62.2 Å². The Labute approximate surface area is 196 Å². The number of aliphatic hydroxyl groups is 1. The third-order valence-electron chi connectivity index (χ3n) is 6.79. The summed E-state index contributed by atoms with van der Waals surface area (Å²) in [5, 5.41) is 12.2. The number of aryl methyl sites for hydroxylation is 1. The lowest BCUT2D eigenvalue weighted by Gasteiger charge is -2.19. The summed E-state index contributed by atoms with van der Waals surface area (Å²) in [6.07, 6.45) is 4.54. The van der Waals surface area contributed by atoms with Gasteiger partial charge in [0.2, 0.25) is 0 Å². The van der Waals surface area contributed by atoms with Gasteiger partial charge in [0.1, 0.15) is 5.75 Å². The maximum atomic E-state index is 10.5. The molecular formula is C25H27BrClNO3. The first-order valence-electron chi connectivity index (χ1n) is 11.1. The summed E-state index contributed by atoms with van der Waals surface area (Å²) in [5.74, 6) is 2.48. The summed E-state index contributed by atoms with van der Waals surface area (Å²) in [4.78, 5) is 3.32. The molecule has 1 fully saturated rings. The van der Waals surface area contributed by atoms with Gasteiger partial charge in [-0.25, -0.2) is 0 Å². The SMILES string of the molecule is CCOC(O)c1[nH]c2c(Br)c(Cl)ccc2c1CCCOc1cccc2c1C1CCC2C1. The molecule has 3 atom stereocenters. The van der Waals surface area contributed by atoms with Crippen molar-refractivity contribution in [1.82, 2.24) is 4.98 Å². The summed E-state index contributed by atoms with van der Waals surface area (Å²) >= 11 is 9.84. The molecule has 1 saturated carbocycles. The molecule has 6 heteroatoms. The number of aromatic nitrogens is 1. The number of fused-ring (bicyclic) bond motifs is 6. The third kappa shape index (κ3) is 3.80. The first kappa shape index (κ1) is 21.3. The second kappa shape index (κ2) is 8.78. The molecule has 2 bridgehead atoms. The van der Waals surface area contributed by atoms with Crippen molar-refractivity contribution >= 4 is 38.4 Å². The fraction of sp³-hybridized carbons (Fsp3) is 0.440. The largest absolute Gasteiger partial charge is 0.493 e. The number of halogens is 2. The minimum atomic E-state index is -0.994. The Morgan fingerprint density at radius 2 is 2.06 bits per heavy atom. The van der Waals surface area contributed by atoms with Gasteiger partial charge in [0.15, 0.2) is 6.29 Å². The predicted octanol–water partition coefficient (Wildman–Crippen LogP) is 6.99. The Balaban J connectivity index is 1.33. The number of aliphatic hydroxyl groups excluding tert-OH is 1. The van der Waals surface area contributed by atoms with Crippen LogP contribution in [0.2, 0.25) is 5.02 Å². The minimum Gasteiger partial charge on any atom is -0.493 e. The molecule has 2 N–H and O–H groups in total. The van der Waals surface area contributed by atoms with Crippen LogP contribution in [0.5, 0.6) is 5.75 Å². The van der Waals surface area contributed by atoms with Gasteiger partial charge in [-0.1, -0.05) is 29.8 Å². The van der Waals surface area contributed by atoms with Gasteiger partial charge in [0.25, 0.3) is 0 Å². The van der Waals surface area contributed by atoms with Crippen molar-refractivity contribution in [1.29, 1.82) is 0 Å². The topological polar surface area (TPSA) is 54.5 Å². The molecule has 0 saturated heterocycles. The molecule has 31 heavy (non-hydrogen) atoms. The van der Waals surface area contributed by atoms with Crippen molar-refractivity contribution in [2.45, 2.75) is 57.2 Å². The molecule has 0 amide bonds. The van der Waals surface area contributed by atoms with Crippen LogP contribution in [0.3, 0.4) is 0 Å². The van der Waals surface area contributed by atoms with Gasteiger partial charge < -0.3 is 19.6 Å². The number of hydrogen-bond acceptors (Lipinski definition) is 3. The van der Waals surface area contributed by atoms with Crippen molar-refractivity contribution in [3.63, 3.8) is 0 Å². The highest BCUT2D eigenvalue weighted by Crippen LogP contribution is 2.55. The average molecular weight is 505 g/mol. The van der Waals surface area contributed by atoms with Crippen LogP contribution >= 0.6 is 27.5 Å². The van der Waals surface area contributed by atoms with Gasteiger partial charge in [-0.15, -0.1) is 0 Å². The van der Waals surface area contributed by atoms with Crippen LogP contribution < -0.4 is 4.74 Å². The van der Waals surface area contributed by atoms with Crippen molar-refractivity contribution < 1.29 is 14.6 Å². The van der Waals surface area contributed by atoms with Gasteiger partial charge in [0.05, 0.1) is 27.3 Å². The van der Waals surface area contributed by atoms with E-state index in [0.717, 1.165) is 45.4 Å². The molecule has 2 aromatic carbocycles. The number of H-pyrrole nitrogens is 1. The first-order valence-corrected chi connectivity index (χ1v) is 12.3. The zero-order valence-corrected chi connectivity index (χ0v) is 19.9. The number of aromatic amines is 1. The molecular weight excluding hydrogens is 478 g/mol. The van der Waals surface area contributed by atoms with E-state index >= 15 is 0 Å². The van der Waals surface area contributed by atoms with Crippen LogP contribution in [0.4, 0.5) is 0 Å². The highest BCUT2D eigenvalue weighted by atomic mass is 79.9. The van der Waals surface area contributed by atoms with E-state index in [0.29, 0.717) is 29.8 Å². The molecule has 164 valence electrons. The van der Waals surface area contributed by atoms with E-state index in [1.54, 1.807) is 0 Å². The minimum absolute atomic E-state index is 0.433. The maximum Gasteiger partial charge on any atom is 0.196 e. The third-order valence-corrected chi connectivity index (χ3v) is 8.15. The van der Waals surface area contributed by atoms with E-state index in [4.69, 9.17) is 21.1 Å². The van der Waals surface area contributed by atoms with Crippen molar-refractivity contribution in [2.75, 3.05) is 13.2 Å². The number of nitrogens with one attached hydrogen (secondary N) is 1. The fourth-order valence-corrected chi connectivity index (χ4v) is 6.04. The standard InChI is InChI=1S/C25H27BrClNO3/c1-2-30-25(29)24-17(18-10-11-19(27)22(26)23(18)28-24)6-4-12-31-20-7-3-5-16-14-8-9-15(13-14)21(16)20/h3,5,7,10-11,14-15,25,28-29H,2,4,6,8-9,12-13H2,1H3. The maximum absolute atomic E-state index is 10.5. The van der Waals surface area contributed by atoms with Crippen LogP contribution in [-0.4, -0.2) is 23.3 Å². The fourth-order valence-electron chi connectivity index (χ4n) is 5.44. The molecule has 3 unspecified atom stereocenters. The number of rotatable bonds is 8. The number of ether oxygens (including phenoxy) is 2. The highest BCUT2D eigenvalue weighted by Gasteiger charge is 2.38. The number of benzene rings is 2. The molecule has 2 aliphatic rings. The average Bonchev–Trinajstić information content (AvgIpc) is 3.48. The zero-order chi connectivity index (χ0) is 21.5. The molecule has 1 heterocycles. The molecule has 4 nitrogen and oxygen atoms in total. The van der Waals surface area contributed by atoms with Gasteiger partial charge in [-0.2, -0.15) is 0 Å². The summed E-state index contributed by atoms with van der Waals surface area (Å²) in [6, 6.07) is 10.4. The highest BCUT2D eigenvalue weighted by molar-refractivity contribution is 9.10. The summed E-state index contributed by atoms with van der Waals surface area (Å²) in [6.45, 7) is 2.94. The van der Waals surface area contributed by atoms with E-state index in [2.05, 4.69) is 39.1 Å². The van der Waals surface area contributed by atoms with Gasteiger partial charge in [-0.3, -0.25) is 0 Å². The normalized spacial score (nSPS) is 20.4. The molecule has 0 radical (unpaired) electrons. The summed E-state index contributed by atoms with van der Waals surface area (Å²) < 4.78 is 12.5. The lowest BCUT2D eigenvalue weighted by molar-refractivity contribution is -0.101. The molecule has 3 aromatic rings. The Bertz CT molecular complexity index is 1110. The molecule has 0 spiro atoms. The van der Waals surface area contributed by atoms with Crippen LogP contribution in [-0.2, 0) is 11.2 Å². The lowest BCUT2D eigenvalue weighted by Crippen LogP contribution is -2.08. The quantitative estimate of drug-likeness (QED) is 0.257. The van der Waals surface area contributed by atoms with E-state index in [-0.39, 0.29) is 0 Å². The molecule has 1 aromatic heterocycles. The van der Waals surface area contributed by atoms with E-state index in [9.17, 15) is 5.11 Å². The summed E-state index contributed by atoms with van der Waals surface area (Å²) in [5.41, 5.74) is 5.59. The Morgan fingerprint density at radius 1 is 1.23 bits per heavy atom. The second-order valence-corrected chi connectivity index (χ2v) is 9.73. The zero-order valence-electron chi connectivity index (χ0n) is 17.6. The molecule has 2 aliphatic carbocycles. The Kier molecular flexibility index (Phi) is 6.04. The Hall–Kier alpha value is -1.53. The van der Waals surface area contributed by atoms with E-state index < -0.39 is 6.29 Å². The first-order chi connectivity index (χ1) is 15.1. The van der Waals surface area contributed by atoms with E-state index in [1.165, 1.54) is 30.4 Å². The molecule has 0 aliphatic heterocycles. The van der Waals surface area contributed by atoms with Gasteiger partial charge >= 0.3 is 0 Å². The monoisotopic (exact) mass is 503 g/mol. The molecule has 5 rings (SSSR count). The van der Waals surface area contributed by atoms with Crippen LogP contribution in [0, 0.1) is 0 Å². The van der Waals surface area contributed by atoms with Crippen molar-refractivity contribution in [3.8, 4) is 5.75 Å². The van der Waals surface area contributed by atoms with E-state index in [1.807, 2.05) is 19.1 Å². The van der Waals surface area contributed by atoms with Crippen LogP contribution in [0.25, 0.3) is 10.9 Å². The van der Waals surface area contributed by atoms with Gasteiger partial charge in [0, 0.05) is 17.6 Å². The lowest BCUT2D eigenvalue weighted by atomic mass is 9.91. The van der Waals surface area contributed by atoms with Crippen molar-refractivity contribution in [2.24, 2.45) is 0 Å². The second-order valence-electron chi connectivity index (χ2n) is 8.53. The summed E-state index contributed by atoms with van der Waals surface area (Å²) in [7, 11) is 0. The smallest absolute Gasteiger partial charge is 0.196 e. The van der Waals surface area contributed by atoms with Crippen LogP contribution in [0.15, 0.2) is 34.8 Å². The van der Waals surface area contributed by atoms with Crippen LogP contribution in [0.1, 0.15) is 73.1 Å². The number of hydrogen-bond donors (Lipinski definition) is 2. The predicted molar refractivity (Wildman–Crippen MR) is 127 cm³/mol. The Morgan fingerprint density at radius 3 is 2.90 bits per heavy atom. The van der Waals surface area contributed by atoms with Gasteiger partial charge in [-0.05, 0) is 90.1 Å².